The van der Waals surface area contributed by atoms with Crippen molar-refractivity contribution >= 4 is 12.2 Å². The fourth-order valence-electron chi connectivity index (χ4n) is 2.35. The van der Waals surface area contributed by atoms with Gasteiger partial charge in [-0.25, -0.2) is 0 Å². The van der Waals surface area contributed by atoms with Crippen molar-refractivity contribution in [3.63, 3.8) is 0 Å². The van der Waals surface area contributed by atoms with Gasteiger partial charge in [-0.15, -0.1) is 0 Å². The first-order chi connectivity index (χ1) is 10.6. The van der Waals surface area contributed by atoms with Crippen LogP contribution in [0.15, 0.2) is 54.6 Å². The fourth-order valence-corrected chi connectivity index (χ4v) is 2.35. The lowest BCUT2D eigenvalue weighted by Gasteiger charge is -2.17. The van der Waals surface area contributed by atoms with Gasteiger partial charge in [-0.3, -0.25) is 0 Å². The zero-order chi connectivity index (χ0) is 15.8. The maximum Gasteiger partial charge on any atom is 0.119 e. The molecule has 0 aliphatic heterocycles. The molecule has 2 rings (SSSR count). The van der Waals surface area contributed by atoms with Gasteiger partial charge in [0.15, 0.2) is 0 Å². The first-order valence-electron chi connectivity index (χ1n) is 7.74. The molecule has 0 aliphatic carbocycles. The summed E-state index contributed by atoms with van der Waals surface area (Å²) in [6, 6.07) is 18.6. The van der Waals surface area contributed by atoms with Crippen LogP contribution < -0.4 is 4.74 Å². The highest BCUT2D eigenvalue weighted by molar-refractivity contribution is 5.69. The molecule has 0 saturated heterocycles. The lowest BCUT2D eigenvalue weighted by molar-refractivity contribution is 0.222. The molecule has 1 atom stereocenters. The molecule has 0 radical (unpaired) electrons. The van der Waals surface area contributed by atoms with Crippen molar-refractivity contribution in [1.29, 1.82) is 0 Å². The normalized spacial score (nSPS) is 12.7. The summed E-state index contributed by atoms with van der Waals surface area (Å²) in [5.74, 6) is 1.45. The third-order valence-corrected chi connectivity index (χ3v) is 3.36. The van der Waals surface area contributed by atoms with Crippen LogP contribution in [0.2, 0.25) is 0 Å². The highest BCUT2D eigenvalue weighted by Crippen LogP contribution is 2.15. The second kappa shape index (κ2) is 8.40. The highest BCUT2D eigenvalue weighted by Gasteiger charge is 2.04. The minimum absolute atomic E-state index is 0.521. The van der Waals surface area contributed by atoms with E-state index in [1.54, 1.807) is 0 Å². The summed E-state index contributed by atoms with van der Waals surface area (Å²) in [7, 11) is 4.18. The van der Waals surface area contributed by atoms with Crippen LogP contribution in [0.1, 0.15) is 18.1 Å². The Balaban J connectivity index is 1.86. The number of hydrogen-bond donors (Lipinski definition) is 0. The lowest BCUT2D eigenvalue weighted by Crippen LogP contribution is -2.24. The highest BCUT2D eigenvalue weighted by atomic mass is 16.5. The van der Waals surface area contributed by atoms with Gasteiger partial charge in [-0.2, -0.15) is 0 Å². The molecule has 0 N–H and O–H groups in total. The summed E-state index contributed by atoms with van der Waals surface area (Å²) in [6.45, 7) is 3.99. The largest absolute Gasteiger partial charge is 0.493 e. The van der Waals surface area contributed by atoms with Gasteiger partial charge in [0.25, 0.3) is 0 Å². The second-order valence-corrected chi connectivity index (χ2v) is 5.99. The Morgan fingerprint density at radius 2 is 1.50 bits per heavy atom. The van der Waals surface area contributed by atoms with Gasteiger partial charge >= 0.3 is 0 Å². The van der Waals surface area contributed by atoms with Crippen molar-refractivity contribution in [2.24, 2.45) is 5.92 Å². The topological polar surface area (TPSA) is 12.5 Å². The first kappa shape index (κ1) is 16.3. The van der Waals surface area contributed by atoms with E-state index in [2.05, 4.69) is 62.3 Å². The zero-order valence-electron chi connectivity index (χ0n) is 13.7. The van der Waals surface area contributed by atoms with Crippen LogP contribution in [0.5, 0.6) is 5.75 Å². The van der Waals surface area contributed by atoms with Crippen molar-refractivity contribution in [2.75, 3.05) is 27.2 Å². The van der Waals surface area contributed by atoms with Crippen LogP contribution in [0.3, 0.4) is 0 Å². The van der Waals surface area contributed by atoms with E-state index in [9.17, 15) is 0 Å². The van der Waals surface area contributed by atoms with Crippen molar-refractivity contribution in [3.8, 4) is 5.75 Å². The molecule has 0 amide bonds. The molecule has 2 heteroatoms. The Morgan fingerprint density at radius 1 is 0.909 bits per heavy atom. The van der Waals surface area contributed by atoms with E-state index in [1.807, 2.05) is 30.3 Å². The standard InChI is InChI=1S/C20H25NO/c1-17(15-21(2)3)16-22-20-13-11-19(12-14-20)10-9-18-7-5-4-6-8-18/h4-14,17H,15-16H2,1-3H3/b10-9+/t17-/m0/s1. The summed E-state index contributed by atoms with van der Waals surface area (Å²) in [5.41, 5.74) is 2.39. The van der Waals surface area contributed by atoms with Crippen LogP contribution in [0, 0.1) is 5.92 Å². The average Bonchev–Trinajstić information content (AvgIpc) is 2.52. The Morgan fingerprint density at radius 3 is 2.09 bits per heavy atom. The van der Waals surface area contributed by atoms with Crippen LogP contribution >= 0.6 is 0 Å². The fraction of sp³-hybridized carbons (Fsp3) is 0.300. The Bertz CT molecular complexity index is 572. The van der Waals surface area contributed by atoms with E-state index in [-0.39, 0.29) is 0 Å². The van der Waals surface area contributed by atoms with E-state index in [0.29, 0.717) is 5.92 Å². The van der Waals surface area contributed by atoms with E-state index >= 15 is 0 Å². The maximum absolute atomic E-state index is 5.84. The molecular formula is C20H25NO. The van der Waals surface area contributed by atoms with E-state index in [4.69, 9.17) is 4.74 Å². The Labute approximate surface area is 134 Å². The summed E-state index contributed by atoms with van der Waals surface area (Å²) in [6.07, 6.45) is 4.24. The molecule has 2 aromatic rings. The molecule has 0 bridgehead atoms. The molecule has 0 unspecified atom stereocenters. The molecule has 0 fully saturated rings. The van der Waals surface area contributed by atoms with E-state index in [0.717, 1.165) is 18.9 Å². The molecule has 2 aromatic carbocycles. The molecule has 0 aromatic heterocycles. The first-order valence-corrected chi connectivity index (χ1v) is 7.74. The smallest absolute Gasteiger partial charge is 0.119 e. The van der Waals surface area contributed by atoms with Crippen LogP contribution in [-0.4, -0.2) is 32.1 Å². The molecule has 22 heavy (non-hydrogen) atoms. The minimum Gasteiger partial charge on any atom is -0.493 e. The predicted octanol–water partition coefficient (Wildman–Crippen LogP) is 4.43. The maximum atomic E-state index is 5.84. The molecule has 0 aliphatic rings. The summed E-state index contributed by atoms with van der Waals surface area (Å²) >= 11 is 0. The summed E-state index contributed by atoms with van der Waals surface area (Å²) in [4.78, 5) is 2.19. The van der Waals surface area contributed by atoms with Gasteiger partial charge in [-0.1, -0.05) is 61.5 Å². The van der Waals surface area contributed by atoms with Gasteiger partial charge in [-0.05, 0) is 37.4 Å². The molecule has 116 valence electrons. The number of benzene rings is 2. The molecule has 0 saturated carbocycles. The van der Waals surface area contributed by atoms with Gasteiger partial charge in [0.05, 0.1) is 6.61 Å². The van der Waals surface area contributed by atoms with Crippen LogP contribution in [-0.2, 0) is 0 Å². The lowest BCUT2D eigenvalue weighted by atomic mass is 10.1. The van der Waals surface area contributed by atoms with Gasteiger partial charge in [0.1, 0.15) is 5.75 Å². The minimum atomic E-state index is 0.521. The number of ether oxygens (including phenoxy) is 1. The van der Waals surface area contributed by atoms with E-state index in [1.165, 1.54) is 11.1 Å². The molecule has 0 spiro atoms. The quantitative estimate of drug-likeness (QED) is 0.700. The van der Waals surface area contributed by atoms with Crippen LogP contribution in [0.4, 0.5) is 0 Å². The van der Waals surface area contributed by atoms with Crippen molar-refractivity contribution < 1.29 is 4.74 Å². The van der Waals surface area contributed by atoms with Gasteiger partial charge in [0, 0.05) is 12.5 Å². The average molecular weight is 295 g/mol. The van der Waals surface area contributed by atoms with Gasteiger partial charge in [0.2, 0.25) is 0 Å². The Hall–Kier alpha value is -2.06. The predicted molar refractivity (Wildman–Crippen MR) is 95.0 cm³/mol. The van der Waals surface area contributed by atoms with Crippen molar-refractivity contribution in [3.05, 3.63) is 65.7 Å². The number of rotatable bonds is 7. The number of nitrogens with zero attached hydrogens (tertiary/aromatic N) is 1. The van der Waals surface area contributed by atoms with E-state index < -0.39 is 0 Å². The van der Waals surface area contributed by atoms with Crippen molar-refractivity contribution in [1.82, 2.24) is 4.90 Å². The monoisotopic (exact) mass is 295 g/mol. The van der Waals surface area contributed by atoms with Crippen molar-refractivity contribution in [2.45, 2.75) is 6.92 Å². The van der Waals surface area contributed by atoms with Gasteiger partial charge < -0.3 is 9.64 Å². The SMILES string of the molecule is C[C@H](COc1ccc(/C=C/c2ccccc2)cc1)CN(C)C. The third-order valence-electron chi connectivity index (χ3n) is 3.36. The third kappa shape index (κ3) is 5.74. The Kier molecular flexibility index (Phi) is 6.23. The summed E-state index contributed by atoms with van der Waals surface area (Å²) < 4.78 is 5.84. The molecular weight excluding hydrogens is 270 g/mol. The second-order valence-electron chi connectivity index (χ2n) is 5.99. The molecule has 0 heterocycles. The summed E-state index contributed by atoms with van der Waals surface area (Å²) in [5, 5.41) is 0. The van der Waals surface area contributed by atoms with Crippen LogP contribution in [0.25, 0.3) is 12.2 Å². The molecule has 2 nitrogen and oxygen atoms in total. The number of hydrogen-bond acceptors (Lipinski definition) is 2. The zero-order valence-corrected chi connectivity index (χ0v) is 13.7.